The van der Waals surface area contributed by atoms with Crippen LogP contribution in [0.2, 0.25) is 0 Å². The fourth-order valence-electron chi connectivity index (χ4n) is 0. The molecule has 0 saturated carbocycles. The van der Waals surface area contributed by atoms with E-state index < -0.39 is 5.97 Å². The molecule has 0 aliphatic carbocycles. The van der Waals surface area contributed by atoms with E-state index in [1.165, 1.54) is 6.92 Å². The van der Waals surface area contributed by atoms with Gasteiger partial charge in [-0.1, -0.05) is 6.92 Å². The molecule has 0 aliphatic heterocycles. The summed E-state index contributed by atoms with van der Waals surface area (Å²) in [5.41, 5.74) is 0. The molecule has 7 heavy (non-hydrogen) atoms. The van der Waals surface area contributed by atoms with E-state index in [0.29, 0.717) is 0 Å². The molecule has 0 aromatic heterocycles. The second-order valence-corrected chi connectivity index (χ2v) is 0.726. The summed E-state index contributed by atoms with van der Waals surface area (Å²) in [5.74, 6) is -0.995. The Balaban J connectivity index is -0.0000000800. The van der Waals surface area contributed by atoms with Gasteiger partial charge in [-0.2, -0.15) is 0 Å². The second kappa shape index (κ2) is 9.84. The van der Waals surface area contributed by atoms with Gasteiger partial charge < -0.3 is 9.90 Å². The quantitative estimate of drug-likeness (QED) is 0.331. The van der Waals surface area contributed by atoms with Gasteiger partial charge in [-0.05, 0) is 17.4 Å². The zero-order chi connectivity index (χ0) is 4.28. The van der Waals surface area contributed by atoms with Crippen LogP contribution in [0.3, 0.4) is 0 Å². The summed E-state index contributed by atoms with van der Waals surface area (Å²) < 4.78 is 0. The number of carbonyl (C=O) groups excluding carboxylic acids is 1. The Hall–Kier alpha value is 0.687. The van der Waals surface area contributed by atoms with Crippen LogP contribution in [0, 0.1) is 0 Å². The first-order chi connectivity index (χ1) is 2.27. The van der Waals surface area contributed by atoms with Crippen LogP contribution >= 0.6 is 0 Å². The summed E-state index contributed by atoms with van der Waals surface area (Å²) in [5, 5.41) is 9.26. The van der Waals surface area contributed by atoms with Crippen molar-refractivity contribution in [2.24, 2.45) is 0 Å². The van der Waals surface area contributed by atoms with Gasteiger partial charge in [0.25, 0.3) is 0 Å². The molecule has 0 radical (unpaired) electrons. The fraction of sp³-hybridized carbons (Fsp3) is 0.667. The monoisotopic (exact) mass is 128 g/mol. The van der Waals surface area contributed by atoms with Crippen molar-refractivity contribution < 1.29 is 39.5 Å². The predicted octanol–water partition coefficient (Wildman–Crippen LogP) is -5.30. The molecule has 0 heterocycles. The van der Waals surface area contributed by atoms with Crippen LogP contribution in [0.15, 0.2) is 0 Å². The minimum absolute atomic E-state index is 0. The van der Waals surface area contributed by atoms with Crippen LogP contribution in [0.5, 0.6) is 0 Å². The maximum atomic E-state index is 9.26. The Morgan fingerprint density at radius 1 is 1.71 bits per heavy atom. The second-order valence-electron chi connectivity index (χ2n) is 0.726. The van der Waals surface area contributed by atoms with Crippen molar-refractivity contribution >= 4 is 16.9 Å². The van der Waals surface area contributed by atoms with Crippen LogP contribution in [0.25, 0.3) is 0 Å². The van der Waals surface area contributed by atoms with Crippen molar-refractivity contribution in [3.05, 3.63) is 0 Å². The number of carboxylic acids is 1. The average molecular weight is 128 g/mol. The fourth-order valence-corrected chi connectivity index (χ4v) is 0. The van der Waals surface area contributed by atoms with Crippen LogP contribution in [-0.4, -0.2) is 16.9 Å². The molecule has 0 aromatic carbocycles. The summed E-state index contributed by atoms with van der Waals surface area (Å²) in [4.78, 5) is 9.26. The van der Waals surface area contributed by atoms with Gasteiger partial charge >= 0.3 is 29.6 Å². The first-order valence-corrected chi connectivity index (χ1v) is 1.47. The van der Waals surface area contributed by atoms with E-state index in [0.717, 1.165) is 0 Å². The first kappa shape index (κ1) is 15.6. The normalized spacial score (nSPS) is 5.29. The van der Waals surface area contributed by atoms with Crippen molar-refractivity contribution in [1.29, 1.82) is 0 Å². The average Bonchev–Trinajstić information content (AvgIpc) is 1.38. The number of rotatable bonds is 1. The molecule has 4 heteroatoms. The van der Waals surface area contributed by atoms with Gasteiger partial charge in [0.2, 0.25) is 0 Å². The zero-order valence-corrected chi connectivity index (χ0v) is 6.02. The molecule has 0 spiro atoms. The van der Waals surface area contributed by atoms with Gasteiger partial charge in [-0.25, -0.2) is 0 Å². The van der Waals surface area contributed by atoms with Gasteiger partial charge in [-0.3, -0.25) is 0 Å². The molecule has 0 rings (SSSR count). The van der Waals surface area contributed by atoms with E-state index in [1.807, 2.05) is 0 Å². The van der Waals surface area contributed by atoms with Crippen molar-refractivity contribution in [1.82, 2.24) is 0 Å². The van der Waals surface area contributed by atoms with Crippen LogP contribution < -0.4 is 34.7 Å². The van der Waals surface area contributed by atoms with E-state index in [4.69, 9.17) is 0 Å². The molecule has 0 unspecified atom stereocenters. The largest absolute Gasteiger partial charge is 1.00 e. The minimum Gasteiger partial charge on any atom is -0.550 e. The van der Waals surface area contributed by atoms with Crippen LogP contribution in [0.1, 0.15) is 13.3 Å². The summed E-state index contributed by atoms with van der Waals surface area (Å²) >= 11 is 0. The van der Waals surface area contributed by atoms with Crippen molar-refractivity contribution in [3.8, 4) is 0 Å². The maximum Gasteiger partial charge on any atom is 1.00 e. The van der Waals surface area contributed by atoms with E-state index in [-0.39, 0.29) is 46.9 Å². The molecule has 38 valence electrons. The van der Waals surface area contributed by atoms with Crippen molar-refractivity contribution in [2.45, 2.75) is 13.3 Å². The number of carboxylic acid groups (broad SMARTS) is 1. The molecule has 0 saturated heterocycles. The topological polar surface area (TPSA) is 40.1 Å². The molecular formula is C3H9NaO2Si. The standard InChI is InChI=1S/C3H6O2.Na.H4Si/c1-2-3(4)5;;/h2H2,1H3,(H,4,5);;1H4/q;+1;/p-1. The van der Waals surface area contributed by atoms with Gasteiger partial charge in [0.1, 0.15) is 0 Å². The molecule has 0 atom stereocenters. The molecule has 0 fully saturated rings. The Morgan fingerprint density at radius 3 is 1.86 bits per heavy atom. The number of hydrogen-bond acceptors (Lipinski definition) is 2. The van der Waals surface area contributed by atoms with Crippen molar-refractivity contribution in [2.75, 3.05) is 0 Å². The number of hydrogen-bond donors (Lipinski definition) is 0. The third-order valence-electron chi connectivity index (χ3n) is 0.289. The Kier molecular flexibility index (Phi) is 22.0. The summed E-state index contributed by atoms with van der Waals surface area (Å²) in [6, 6.07) is 0. The molecule has 0 amide bonds. The Bertz CT molecular complexity index is 48.2. The van der Waals surface area contributed by atoms with Gasteiger partial charge in [0.15, 0.2) is 0 Å². The third kappa shape index (κ3) is 20.3. The Morgan fingerprint density at radius 2 is 1.86 bits per heavy atom. The van der Waals surface area contributed by atoms with Gasteiger partial charge in [-0.15, -0.1) is 0 Å². The van der Waals surface area contributed by atoms with E-state index in [9.17, 15) is 9.90 Å². The van der Waals surface area contributed by atoms with E-state index in [1.54, 1.807) is 0 Å². The maximum absolute atomic E-state index is 9.26. The number of carbonyl (C=O) groups is 1. The summed E-state index contributed by atoms with van der Waals surface area (Å²) in [7, 11) is 0. The molecule has 0 aliphatic rings. The first-order valence-electron chi connectivity index (χ1n) is 1.47. The smallest absolute Gasteiger partial charge is 0.550 e. The van der Waals surface area contributed by atoms with Gasteiger partial charge in [0.05, 0.1) is 0 Å². The molecule has 0 N–H and O–H groups in total. The van der Waals surface area contributed by atoms with E-state index >= 15 is 0 Å². The van der Waals surface area contributed by atoms with Crippen molar-refractivity contribution in [3.63, 3.8) is 0 Å². The molecule has 0 aromatic rings. The minimum atomic E-state index is -0.995. The number of aliphatic carboxylic acids is 1. The van der Waals surface area contributed by atoms with Crippen LogP contribution in [0.4, 0.5) is 0 Å². The van der Waals surface area contributed by atoms with Crippen LogP contribution in [-0.2, 0) is 4.79 Å². The summed E-state index contributed by atoms with van der Waals surface area (Å²) in [6.07, 6.45) is 0.111. The van der Waals surface area contributed by atoms with E-state index in [2.05, 4.69) is 0 Å². The molecule has 2 nitrogen and oxygen atoms in total. The van der Waals surface area contributed by atoms with Gasteiger partial charge in [0, 0.05) is 5.97 Å². The Labute approximate surface area is 69.6 Å². The molecule has 0 bridgehead atoms. The third-order valence-corrected chi connectivity index (χ3v) is 0.289. The zero-order valence-electron chi connectivity index (χ0n) is 4.02. The SMILES string of the molecule is CCC(=O)[O-].[Na+].[SiH4]. The predicted molar refractivity (Wildman–Crippen MR) is 26.6 cm³/mol. The summed E-state index contributed by atoms with van der Waals surface area (Å²) in [6.45, 7) is 1.54. The molecular weight excluding hydrogens is 119 g/mol.